The fraction of sp³-hybridized carbons (Fsp3) is 0.235. The molecule has 2 N–H and O–H groups in total. The first-order valence-electron chi connectivity index (χ1n) is 7.88. The van der Waals surface area contributed by atoms with Crippen LogP contribution in [-0.4, -0.2) is 20.8 Å². The van der Waals surface area contributed by atoms with Crippen molar-refractivity contribution in [1.82, 2.24) is 20.1 Å². The van der Waals surface area contributed by atoms with Crippen molar-refractivity contribution in [3.05, 3.63) is 54.2 Å². The van der Waals surface area contributed by atoms with E-state index in [9.17, 15) is 4.79 Å². The monoisotopic (exact) mass is 323 g/mol. The molecule has 3 heterocycles. The number of aryl methyl sites for hydroxylation is 1. The number of urea groups is 1. The molecular weight excluding hydrogens is 306 g/mol. The number of benzene rings is 1. The summed E-state index contributed by atoms with van der Waals surface area (Å²) in [5.74, 6) is 1.88. The third-order valence-electron chi connectivity index (χ3n) is 4.02. The first kappa shape index (κ1) is 14.5. The molecule has 4 rings (SSSR count). The number of furan rings is 1. The van der Waals surface area contributed by atoms with Crippen LogP contribution >= 0.6 is 0 Å². The number of carbonyl (C=O) groups excluding carboxylic acids is 1. The number of nitrogens with zero attached hydrogens (tertiary/aromatic N) is 3. The van der Waals surface area contributed by atoms with Crippen molar-refractivity contribution >= 4 is 11.7 Å². The van der Waals surface area contributed by atoms with Crippen molar-refractivity contribution in [2.45, 2.75) is 25.9 Å². The Morgan fingerprint density at radius 1 is 1.29 bits per heavy atom. The highest BCUT2D eigenvalue weighted by Gasteiger charge is 2.18. The van der Waals surface area contributed by atoms with Gasteiger partial charge in [0.25, 0.3) is 0 Å². The molecule has 0 radical (unpaired) electrons. The molecule has 1 aliphatic heterocycles. The third kappa shape index (κ3) is 2.88. The lowest BCUT2D eigenvalue weighted by Gasteiger charge is -2.09. The highest BCUT2D eigenvalue weighted by molar-refractivity contribution is 5.89. The van der Waals surface area contributed by atoms with Crippen LogP contribution in [0.5, 0.6) is 0 Å². The second-order valence-electron chi connectivity index (χ2n) is 5.72. The maximum atomic E-state index is 12.0. The minimum atomic E-state index is -0.264. The van der Waals surface area contributed by atoms with Crippen LogP contribution in [-0.2, 0) is 19.5 Å². The summed E-state index contributed by atoms with van der Waals surface area (Å²) in [5.41, 5.74) is 2.58. The first-order valence-corrected chi connectivity index (χ1v) is 7.88. The van der Waals surface area contributed by atoms with E-state index < -0.39 is 0 Å². The SMILES string of the molecule is O=C(NCc1ccoc1)Nc1cccc(-c2nnc3n2CCC3)c1. The molecular formula is C17H17N5O2. The Balaban J connectivity index is 1.45. The number of hydrogen-bond acceptors (Lipinski definition) is 4. The van der Waals surface area contributed by atoms with Crippen molar-refractivity contribution in [3.8, 4) is 11.4 Å². The van der Waals surface area contributed by atoms with Crippen LogP contribution < -0.4 is 10.6 Å². The van der Waals surface area contributed by atoms with Gasteiger partial charge in [-0.05, 0) is 24.6 Å². The van der Waals surface area contributed by atoms with E-state index in [1.165, 1.54) is 0 Å². The number of anilines is 1. The van der Waals surface area contributed by atoms with Gasteiger partial charge in [0, 0.05) is 36.3 Å². The van der Waals surface area contributed by atoms with Gasteiger partial charge in [0.1, 0.15) is 5.82 Å². The van der Waals surface area contributed by atoms with Crippen LogP contribution in [0.15, 0.2) is 47.3 Å². The zero-order chi connectivity index (χ0) is 16.4. The number of nitrogens with one attached hydrogen (secondary N) is 2. The summed E-state index contributed by atoms with van der Waals surface area (Å²) >= 11 is 0. The number of aromatic nitrogens is 3. The molecule has 2 amide bonds. The second kappa shape index (κ2) is 6.19. The zero-order valence-corrected chi connectivity index (χ0v) is 13.0. The average Bonchev–Trinajstić information content (AvgIpc) is 3.31. The first-order chi connectivity index (χ1) is 11.8. The van der Waals surface area contributed by atoms with Gasteiger partial charge < -0.3 is 19.6 Å². The molecule has 0 fully saturated rings. The molecule has 0 atom stereocenters. The molecule has 24 heavy (non-hydrogen) atoms. The van der Waals surface area contributed by atoms with E-state index >= 15 is 0 Å². The smallest absolute Gasteiger partial charge is 0.319 e. The summed E-state index contributed by atoms with van der Waals surface area (Å²) in [6, 6.07) is 9.18. The molecule has 7 nitrogen and oxygen atoms in total. The second-order valence-corrected chi connectivity index (χ2v) is 5.72. The van der Waals surface area contributed by atoms with Gasteiger partial charge in [-0.25, -0.2) is 4.79 Å². The van der Waals surface area contributed by atoms with E-state index in [2.05, 4.69) is 25.4 Å². The molecule has 1 aromatic carbocycles. The summed E-state index contributed by atoms with van der Waals surface area (Å²) in [4.78, 5) is 12.0. The highest BCUT2D eigenvalue weighted by Crippen LogP contribution is 2.25. The maximum absolute atomic E-state index is 12.0. The zero-order valence-electron chi connectivity index (χ0n) is 13.0. The van der Waals surface area contributed by atoms with Gasteiger partial charge >= 0.3 is 6.03 Å². The van der Waals surface area contributed by atoms with E-state index in [-0.39, 0.29) is 6.03 Å². The van der Waals surface area contributed by atoms with E-state index in [4.69, 9.17) is 4.42 Å². The molecule has 0 aliphatic carbocycles. The van der Waals surface area contributed by atoms with Gasteiger partial charge in [-0.15, -0.1) is 10.2 Å². The van der Waals surface area contributed by atoms with Gasteiger partial charge in [0.2, 0.25) is 0 Å². The minimum absolute atomic E-state index is 0.264. The Hall–Kier alpha value is -3.09. The molecule has 7 heteroatoms. The number of rotatable bonds is 4. The van der Waals surface area contributed by atoms with Crippen molar-refractivity contribution in [2.75, 3.05) is 5.32 Å². The van der Waals surface area contributed by atoms with Crippen LogP contribution in [0, 0.1) is 0 Å². The average molecular weight is 323 g/mol. The van der Waals surface area contributed by atoms with Crippen molar-refractivity contribution in [1.29, 1.82) is 0 Å². The van der Waals surface area contributed by atoms with Crippen molar-refractivity contribution in [2.24, 2.45) is 0 Å². The Bertz CT molecular complexity index is 854. The van der Waals surface area contributed by atoms with Gasteiger partial charge in [0.15, 0.2) is 5.82 Å². The number of hydrogen-bond donors (Lipinski definition) is 2. The summed E-state index contributed by atoms with van der Waals surface area (Å²) < 4.78 is 7.11. The summed E-state index contributed by atoms with van der Waals surface area (Å²) in [5, 5.41) is 14.1. The lowest BCUT2D eigenvalue weighted by Crippen LogP contribution is -2.27. The number of carbonyl (C=O) groups is 1. The summed E-state index contributed by atoms with van der Waals surface area (Å²) in [6.45, 7) is 1.36. The van der Waals surface area contributed by atoms with E-state index in [0.29, 0.717) is 12.2 Å². The minimum Gasteiger partial charge on any atom is -0.472 e. The molecule has 0 saturated heterocycles. The fourth-order valence-corrected chi connectivity index (χ4v) is 2.85. The molecule has 0 spiro atoms. The summed E-state index contributed by atoms with van der Waals surface area (Å²) in [6.07, 6.45) is 5.26. The lowest BCUT2D eigenvalue weighted by molar-refractivity contribution is 0.251. The molecule has 0 bridgehead atoms. The van der Waals surface area contributed by atoms with Crippen LogP contribution in [0.25, 0.3) is 11.4 Å². The Morgan fingerprint density at radius 2 is 2.25 bits per heavy atom. The third-order valence-corrected chi connectivity index (χ3v) is 4.02. The van der Waals surface area contributed by atoms with Gasteiger partial charge in [-0.2, -0.15) is 0 Å². The highest BCUT2D eigenvalue weighted by atomic mass is 16.3. The van der Waals surface area contributed by atoms with E-state index in [0.717, 1.165) is 42.2 Å². The summed E-state index contributed by atoms with van der Waals surface area (Å²) in [7, 11) is 0. The largest absolute Gasteiger partial charge is 0.472 e. The predicted molar refractivity (Wildman–Crippen MR) is 88.3 cm³/mol. The Labute approximate surface area is 138 Å². The Morgan fingerprint density at radius 3 is 3.12 bits per heavy atom. The van der Waals surface area contributed by atoms with Crippen LogP contribution in [0.3, 0.4) is 0 Å². The van der Waals surface area contributed by atoms with Crippen LogP contribution in [0.1, 0.15) is 17.8 Å². The van der Waals surface area contributed by atoms with Crippen LogP contribution in [0.2, 0.25) is 0 Å². The van der Waals surface area contributed by atoms with Crippen molar-refractivity contribution < 1.29 is 9.21 Å². The predicted octanol–water partition coefficient (Wildman–Crippen LogP) is 2.81. The number of amides is 2. The molecule has 0 saturated carbocycles. The van der Waals surface area contributed by atoms with Crippen molar-refractivity contribution in [3.63, 3.8) is 0 Å². The van der Waals surface area contributed by atoms with Gasteiger partial charge in [0.05, 0.1) is 12.5 Å². The van der Waals surface area contributed by atoms with Gasteiger partial charge in [-0.1, -0.05) is 12.1 Å². The molecule has 3 aromatic rings. The fourth-order valence-electron chi connectivity index (χ4n) is 2.85. The maximum Gasteiger partial charge on any atom is 0.319 e. The lowest BCUT2D eigenvalue weighted by atomic mass is 10.2. The quantitative estimate of drug-likeness (QED) is 0.773. The van der Waals surface area contributed by atoms with E-state index in [1.54, 1.807) is 12.5 Å². The number of fused-ring (bicyclic) bond motifs is 1. The normalized spacial score (nSPS) is 12.8. The van der Waals surface area contributed by atoms with E-state index in [1.807, 2.05) is 30.3 Å². The Kier molecular flexibility index (Phi) is 3.74. The molecule has 2 aromatic heterocycles. The molecule has 0 unspecified atom stereocenters. The topological polar surface area (TPSA) is 85.0 Å². The van der Waals surface area contributed by atoms with Crippen LogP contribution in [0.4, 0.5) is 10.5 Å². The van der Waals surface area contributed by atoms with Gasteiger partial charge in [-0.3, -0.25) is 0 Å². The standard InChI is InChI=1S/C17H17N5O2/c23-17(18-10-12-6-8-24-11-12)19-14-4-1-3-13(9-14)16-21-20-15-5-2-7-22(15)16/h1,3-4,6,8-9,11H,2,5,7,10H2,(H2,18,19,23). The molecule has 1 aliphatic rings. The molecule has 122 valence electrons.